The normalized spacial score (nSPS) is 19.2. The van der Waals surface area contributed by atoms with Crippen molar-refractivity contribution in [1.29, 1.82) is 0 Å². The van der Waals surface area contributed by atoms with E-state index in [-0.39, 0.29) is 11.0 Å². The van der Waals surface area contributed by atoms with Crippen LogP contribution in [0.3, 0.4) is 0 Å². The molecule has 0 saturated carbocycles. The van der Waals surface area contributed by atoms with E-state index in [0.29, 0.717) is 25.5 Å². The second kappa shape index (κ2) is 6.56. The Morgan fingerprint density at radius 1 is 1.45 bits per heavy atom. The van der Waals surface area contributed by atoms with E-state index in [4.69, 9.17) is 9.47 Å². The lowest BCUT2D eigenvalue weighted by Gasteiger charge is -2.13. The summed E-state index contributed by atoms with van der Waals surface area (Å²) in [6, 6.07) is 4.89. The van der Waals surface area contributed by atoms with E-state index in [1.807, 2.05) is 13.8 Å². The fourth-order valence-corrected chi connectivity index (χ4v) is 3.35. The highest BCUT2D eigenvalue weighted by atomic mass is 32.2. The molecule has 2 rings (SSSR count). The molecule has 0 amide bonds. The summed E-state index contributed by atoms with van der Waals surface area (Å²) in [4.78, 5) is 0.261. The van der Waals surface area contributed by atoms with Crippen LogP contribution in [0.5, 0.6) is 5.75 Å². The molecule has 1 aromatic carbocycles. The van der Waals surface area contributed by atoms with Crippen molar-refractivity contribution in [3.63, 3.8) is 0 Å². The van der Waals surface area contributed by atoms with E-state index in [0.717, 1.165) is 18.4 Å². The van der Waals surface area contributed by atoms with Crippen LogP contribution in [0, 0.1) is 6.92 Å². The molecule has 0 spiro atoms. The molecular formula is C14H21NO4S. The molecule has 1 fully saturated rings. The van der Waals surface area contributed by atoms with Crippen molar-refractivity contribution >= 4 is 10.0 Å². The molecule has 1 atom stereocenters. The topological polar surface area (TPSA) is 64.6 Å². The summed E-state index contributed by atoms with van der Waals surface area (Å²) in [5.41, 5.74) is 0.812. The van der Waals surface area contributed by atoms with Gasteiger partial charge in [0.05, 0.1) is 17.6 Å². The van der Waals surface area contributed by atoms with E-state index in [1.165, 1.54) is 0 Å². The Morgan fingerprint density at radius 2 is 2.25 bits per heavy atom. The highest BCUT2D eigenvalue weighted by Crippen LogP contribution is 2.22. The molecule has 112 valence electrons. The van der Waals surface area contributed by atoms with Gasteiger partial charge < -0.3 is 9.47 Å². The first-order valence-electron chi connectivity index (χ1n) is 6.87. The first-order valence-corrected chi connectivity index (χ1v) is 8.36. The third-order valence-electron chi connectivity index (χ3n) is 3.28. The van der Waals surface area contributed by atoms with Crippen LogP contribution < -0.4 is 9.46 Å². The SMILES string of the molecule is CCOc1ccc(S(=O)(=O)NCC2CCCO2)cc1C. The Hall–Kier alpha value is -1.11. The molecule has 1 aliphatic heterocycles. The Balaban J connectivity index is 2.06. The van der Waals surface area contributed by atoms with E-state index in [2.05, 4.69) is 4.72 Å². The van der Waals surface area contributed by atoms with Crippen LogP contribution in [0.15, 0.2) is 23.1 Å². The Bertz CT molecular complexity index is 550. The molecule has 1 aromatic rings. The van der Waals surface area contributed by atoms with Crippen molar-refractivity contribution in [2.75, 3.05) is 19.8 Å². The van der Waals surface area contributed by atoms with Crippen LogP contribution in [-0.4, -0.2) is 34.3 Å². The average molecular weight is 299 g/mol. The number of benzene rings is 1. The highest BCUT2D eigenvalue weighted by molar-refractivity contribution is 7.89. The number of sulfonamides is 1. The zero-order chi connectivity index (χ0) is 14.6. The van der Waals surface area contributed by atoms with Gasteiger partial charge >= 0.3 is 0 Å². The molecule has 1 N–H and O–H groups in total. The molecular weight excluding hydrogens is 278 g/mol. The minimum Gasteiger partial charge on any atom is -0.494 e. The van der Waals surface area contributed by atoms with Gasteiger partial charge in [-0.25, -0.2) is 13.1 Å². The standard InChI is InChI=1S/C14H21NO4S/c1-3-18-14-7-6-13(9-11(14)2)20(16,17)15-10-12-5-4-8-19-12/h6-7,9,12,15H,3-5,8,10H2,1-2H3. The predicted molar refractivity (Wildman–Crippen MR) is 76.5 cm³/mol. The van der Waals surface area contributed by atoms with Gasteiger partial charge in [-0.2, -0.15) is 0 Å². The van der Waals surface area contributed by atoms with Gasteiger partial charge in [0.25, 0.3) is 0 Å². The van der Waals surface area contributed by atoms with E-state index < -0.39 is 10.0 Å². The molecule has 0 bridgehead atoms. The van der Waals surface area contributed by atoms with Crippen LogP contribution in [-0.2, 0) is 14.8 Å². The number of hydrogen-bond acceptors (Lipinski definition) is 4. The molecule has 1 unspecified atom stereocenters. The lowest BCUT2D eigenvalue weighted by molar-refractivity contribution is 0.114. The summed E-state index contributed by atoms with van der Waals surface area (Å²) >= 11 is 0. The number of rotatable bonds is 6. The first-order chi connectivity index (χ1) is 9.53. The molecule has 20 heavy (non-hydrogen) atoms. The largest absolute Gasteiger partial charge is 0.494 e. The van der Waals surface area contributed by atoms with Crippen molar-refractivity contribution in [1.82, 2.24) is 4.72 Å². The maximum absolute atomic E-state index is 12.2. The smallest absolute Gasteiger partial charge is 0.240 e. The summed E-state index contributed by atoms with van der Waals surface area (Å²) < 4.78 is 37.8. The number of nitrogens with one attached hydrogen (secondary N) is 1. The van der Waals surface area contributed by atoms with Crippen molar-refractivity contribution in [2.24, 2.45) is 0 Å². The molecule has 6 heteroatoms. The number of hydrogen-bond donors (Lipinski definition) is 1. The van der Waals surface area contributed by atoms with Gasteiger partial charge in [0.15, 0.2) is 0 Å². The van der Waals surface area contributed by atoms with Gasteiger partial charge in [-0.1, -0.05) is 0 Å². The molecule has 0 aromatic heterocycles. The van der Waals surface area contributed by atoms with Gasteiger partial charge in [0.1, 0.15) is 5.75 Å². The average Bonchev–Trinajstić information content (AvgIpc) is 2.92. The van der Waals surface area contributed by atoms with E-state index in [9.17, 15) is 8.42 Å². The summed E-state index contributed by atoms with van der Waals surface area (Å²) in [6.07, 6.45) is 1.90. The maximum atomic E-state index is 12.2. The minimum atomic E-state index is -3.49. The maximum Gasteiger partial charge on any atom is 0.240 e. The molecule has 1 heterocycles. The van der Waals surface area contributed by atoms with E-state index >= 15 is 0 Å². The summed E-state index contributed by atoms with van der Waals surface area (Å²) in [5, 5.41) is 0. The lowest BCUT2D eigenvalue weighted by atomic mass is 10.2. The van der Waals surface area contributed by atoms with E-state index in [1.54, 1.807) is 18.2 Å². The molecule has 0 radical (unpaired) electrons. The van der Waals surface area contributed by atoms with Crippen molar-refractivity contribution in [3.05, 3.63) is 23.8 Å². The summed E-state index contributed by atoms with van der Waals surface area (Å²) in [6.45, 7) is 5.34. The monoisotopic (exact) mass is 299 g/mol. The van der Waals surface area contributed by atoms with Gasteiger partial charge in [-0.05, 0) is 50.5 Å². The summed E-state index contributed by atoms with van der Waals surface area (Å²) in [7, 11) is -3.49. The van der Waals surface area contributed by atoms with Crippen LogP contribution in [0.1, 0.15) is 25.3 Å². The number of ether oxygens (including phenoxy) is 2. The first kappa shape index (κ1) is 15.3. The minimum absolute atomic E-state index is 0.00595. The Morgan fingerprint density at radius 3 is 2.85 bits per heavy atom. The van der Waals surface area contributed by atoms with Gasteiger partial charge in [-0.15, -0.1) is 0 Å². The fourth-order valence-electron chi connectivity index (χ4n) is 2.20. The predicted octanol–water partition coefficient (Wildman–Crippen LogP) is 1.85. The molecule has 1 saturated heterocycles. The van der Waals surface area contributed by atoms with Crippen LogP contribution in [0.25, 0.3) is 0 Å². The Kier molecular flexibility index (Phi) is 5.01. The highest BCUT2D eigenvalue weighted by Gasteiger charge is 2.20. The zero-order valence-corrected chi connectivity index (χ0v) is 12.7. The van der Waals surface area contributed by atoms with Gasteiger partial charge in [-0.3, -0.25) is 0 Å². The zero-order valence-electron chi connectivity index (χ0n) is 11.9. The Labute approximate surface area is 120 Å². The second-order valence-corrected chi connectivity index (χ2v) is 6.61. The molecule has 5 nitrogen and oxygen atoms in total. The fraction of sp³-hybridized carbons (Fsp3) is 0.571. The number of aryl methyl sites for hydroxylation is 1. The van der Waals surface area contributed by atoms with Crippen molar-refractivity contribution in [3.8, 4) is 5.75 Å². The van der Waals surface area contributed by atoms with Crippen LogP contribution in [0.4, 0.5) is 0 Å². The van der Waals surface area contributed by atoms with Crippen LogP contribution >= 0.6 is 0 Å². The van der Waals surface area contributed by atoms with Gasteiger partial charge in [0, 0.05) is 13.2 Å². The third-order valence-corrected chi connectivity index (χ3v) is 4.70. The van der Waals surface area contributed by atoms with Crippen molar-refractivity contribution in [2.45, 2.75) is 37.7 Å². The molecule has 1 aliphatic rings. The quantitative estimate of drug-likeness (QED) is 0.870. The second-order valence-electron chi connectivity index (χ2n) is 4.85. The molecule has 0 aliphatic carbocycles. The van der Waals surface area contributed by atoms with Crippen molar-refractivity contribution < 1.29 is 17.9 Å². The third kappa shape index (κ3) is 3.71. The summed E-state index contributed by atoms with van der Waals surface area (Å²) in [5.74, 6) is 0.713. The lowest BCUT2D eigenvalue weighted by Crippen LogP contribution is -2.31. The van der Waals surface area contributed by atoms with Gasteiger partial charge in [0.2, 0.25) is 10.0 Å². The van der Waals surface area contributed by atoms with Crippen LogP contribution in [0.2, 0.25) is 0 Å².